The minimum absolute atomic E-state index is 0.0840. The fourth-order valence-electron chi connectivity index (χ4n) is 2.90. The van der Waals surface area contributed by atoms with E-state index in [-0.39, 0.29) is 12.1 Å². The summed E-state index contributed by atoms with van der Waals surface area (Å²) >= 11 is 0. The summed E-state index contributed by atoms with van der Waals surface area (Å²) in [5.74, 6) is -1.25. The highest BCUT2D eigenvalue weighted by Crippen LogP contribution is 2.28. The molecule has 0 bridgehead atoms. The highest BCUT2D eigenvalue weighted by molar-refractivity contribution is 5.67. The Balaban J connectivity index is 1.69. The summed E-state index contributed by atoms with van der Waals surface area (Å²) in [5, 5.41) is 6.62. The molecule has 28 heavy (non-hydrogen) atoms. The van der Waals surface area contributed by atoms with Gasteiger partial charge in [0.15, 0.2) is 11.6 Å². The number of aromatic amines is 1. The Hall–Kier alpha value is -3.75. The van der Waals surface area contributed by atoms with E-state index in [9.17, 15) is 13.6 Å². The number of hydrogen-bond acceptors (Lipinski definition) is 4. The summed E-state index contributed by atoms with van der Waals surface area (Å²) in [5.41, 5.74) is 1.16. The molecule has 1 aromatic carbocycles. The largest absolute Gasteiger partial charge is 0.480 e. The Kier molecular flexibility index (Phi) is 4.48. The maximum atomic E-state index is 13.9. The van der Waals surface area contributed by atoms with Crippen molar-refractivity contribution in [2.45, 2.75) is 6.54 Å². The van der Waals surface area contributed by atoms with Gasteiger partial charge in [0.2, 0.25) is 5.88 Å². The summed E-state index contributed by atoms with van der Waals surface area (Å²) in [6.45, 7) is -0.0976. The number of pyridine rings is 1. The average molecular weight is 383 g/mol. The van der Waals surface area contributed by atoms with Gasteiger partial charge in [-0.25, -0.2) is 13.6 Å². The zero-order chi connectivity index (χ0) is 19.7. The Labute approximate surface area is 157 Å². The van der Waals surface area contributed by atoms with Gasteiger partial charge in [-0.1, -0.05) is 12.1 Å². The topological polar surface area (TPSA) is 77.7 Å². The van der Waals surface area contributed by atoms with Crippen LogP contribution >= 0.6 is 0 Å². The molecule has 9 heteroatoms. The van der Waals surface area contributed by atoms with Crippen molar-refractivity contribution in [1.29, 1.82) is 0 Å². The third-order valence-electron chi connectivity index (χ3n) is 4.31. The molecule has 0 saturated heterocycles. The van der Waals surface area contributed by atoms with Crippen LogP contribution in [-0.4, -0.2) is 31.4 Å². The number of aromatic nitrogens is 5. The molecule has 3 aromatic heterocycles. The molecule has 0 spiro atoms. The van der Waals surface area contributed by atoms with Crippen molar-refractivity contribution >= 4 is 0 Å². The number of imidazole rings is 1. The number of benzene rings is 1. The molecular formula is C19H15F2N5O2. The molecule has 0 radical (unpaired) electrons. The molecule has 4 aromatic rings. The second kappa shape index (κ2) is 7.10. The zero-order valence-corrected chi connectivity index (χ0v) is 14.8. The van der Waals surface area contributed by atoms with Gasteiger partial charge in [0, 0.05) is 35.3 Å². The minimum Gasteiger partial charge on any atom is -0.480 e. The van der Waals surface area contributed by atoms with E-state index < -0.39 is 17.3 Å². The van der Waals surface area contributed by atoms with Crippen molar-refractivity contribution in [3.8, 4) is 22.8 Å². The van der Waals surface area contributed by atoms with Crippen molar-refractivity contribution < 1.29 is 13.5 Å². The van der Waals surface area contributed by atoms with E-state index in [1.165, 1.54) is 40.8 Å². The average Bonchev–Trinajstić information content (AvgIpc) is 3.36. The first-order valence-corrected chi connectivity index (χ1v) is 8.33. The van der Waals surface area contributed by atoms with Crippen LogP contribution in [0.3, 0.4) is 0 Å². The second-order valence-corrected chi connectivity index (χ2v) is 6.00. The van der Waals surface area contributed by atoms with Crippen molar-refractivity contribution in [1.82, 2.24) is 24.3 Å². The van der Waals surface area contributed by atoms with E-state index in [0.717, 1.165) is 11.6 Å². The van der Waals surface area contributed by atoms with Gasteiger partial charge in [-0.3, -0.25) is 14.2 Å². The summed E-state index contributed by atoms with van der Waals surface area (Å²) in [4.78, 5) is 17.1. The lowest BCUT2D eigenvalue weighted by atomic mass is 10.1. The highest BCUT2D eigenvalue weighted by Gasteiger charge is 2.14. The Morgan fingerprint density at radius 1 is 1.18 bits per heavy atom. The Morgan fingerprint density at radius 3 is 2.79 bits per heavy atom. The monoisotopic (exact) mass is 383 g/mol. The smallest absolute Gasteiger partial charge is 0.334 e. The third kappa shape index (κ3) is 3.07. The molecule has 0 unspecified atom stereocenters. The molecular weight excluding hydrogens is 368 g/mol. The van der Waals surface area contributed by atoms with Crippen molar-refractivity contribution in [2.75, 3.05) is 7.11 Å². The third-order valence-corrected chi connectivity index (χ3v) is 4.31. The van der Waals surface area contributed by atoms with Gasteiger partial charge >= 0.3 is 5.69 Å². The van der Waals surface area contributed by atoms with E-state index in [4.69, 9.17) is 4.74 Å². The SMILES string of the molecule is COc1nc(-n2ccn(Cc3cccc(F)c3F)c2=O)ccc1-c1cn[nH]c1. The van der Waals surface area contributed by atoms with Crippen molar-refractivity contribution in [3.63, 3.8) is 0 Å². The number of nitrogens with one attached hydrogen (secondary N) is 1. The van der Waals surface area contributed by atoms with E-state index in [0.29, 0.717) is 17.3 Å². The number of methoxy groups -OCH3 is 1. The number of halogens is 2. The molecule has 1 N–H and O–H groups in total. The molecule has 0 saturated carbocycles. The summed E-state index contributed by atoms with van der Waals surface area (Å²) in [7, 11) is 1.48. The maximum absolute atomic E-state index is 13.9. The van der Waals surface area contributed by atoms with Crippen LogP contribution in [0, 0.1) is 11.6 Å². The summed E-state index contributed by atoms with van der Waals surface area (Å²) in [6, 6.07) is 7.30. The molecule has 0 atom stereocenters. The lowest BCUT2D eigenvalue weighted by Crippen LogP contribution is -2.24. The lowest BCUT2D eigenvalue weighted by Gasteiger charge is -2.08. The first-order chi connectivity index (χ1) is 13.6. The van der Waals surface area contributed by atoms with Crippen LogP contribution in [0.5, 0.6) is 5.88 Å². The van der Waals surface area contributed by atoms with Crippen LogP contribution in [0.4, 0.5) is 8.78 Å². The summed E-state index contributed by atoms with van der Waals surface area (Å²) in [6.07, 6.45) is 6.34. The Bertz CT molecular complexity index is 1180. The van der Waals surface area contributed by atoms with E-state index in [1.54, 1.807) is 24.5 Å². The van der Waals surface area contributed by atoms with Gasteiger partial charge in [-0.2, -0.15) is 10.1 Å². The van der Waals surface area contributed by atoms with Gasteiger partial charge in [-0.05, 0) is 18.2 Å². The maximum Gasteiger partial charge on any atom is 0.334 e. The van der Waals surface area contributed by atoms with Crippen LogP contribution < -0.4 is 10.4 Å². The molecule has 7 nitrogen and oxygen atoms in total. The molecule has 4 rings (SSSR count). The van der Waals surface area contributed by atoms with Crippen molar-refractivity contribution in [3.05, 3.63) is 82.8 Å². The fourth-order valence-corrected chi connectivity index (χ4v) is 2.90. The number of nitrogens with zero attached hydrogens (tertiary/aromatic N) is 4. The van der Waals surface area contributed by atoms with Crippen LogP contribution in [0.25, 0.3) is 16.9 Å². The van der Waals surface area contributed by atoms with Gasteiger partial charge in [0.05, 0.1) is 19.9 Å². The normalized spacial score (nSPS) is 11.0. The predicted octanol–water partition coefficient (Wildman–Crippen LogP) is 2.76. The van der Waals surface area contributed by atoms with E-state index in [1.807, 2.05) is 0 Å². The summed E-state index contributed by atoms with van der Waals surface area (Å²) < 4.78 is 35.2. The minimum atomic E-state index is -0.966. The van der Waals surface area contributed by atoms with Crippen LogP contribution in [0.1, 0.15) is 5.56 Å². The Morgan fingerprint density at radius 2 is 2.04 bits per heavy atom. The number of ether oxygens (including phenoxy) is 1. The van der Waals surface area contributed by atoms with Gasteiger partial charge in [-0.15, -0.1) is 0 Å². The van der Waals surface area contributed by atoms with Gasteiger partial charge in [0.1, 0.15) is 5.82 Å². The van der Waals surface area contributed by atoms with Crippen LogP contribution in [-0.2, 0) is 6.54 Å². The standard InChI is InChI=1S/C19H15F2N5O2/c1-28-18-14(13-9-22-23-10-13)5-6-16(24-18)26-8-7-25(19(26)27)11-12-3-2-4-15(20)17(12)21/h2-10H,11H2,1H3,(H,22,23). The molecule has 0 aliphatic carbocycles. The number of H-pyrrole nitrogens is 1. The molecule has 0 aliphatic rings. The van der Waals surface area contributed by atoms with Crippen LogP contribution in [0.2, 0.25) is 0 Å². The number of rotatable bonds is 5. The molecule has 0 aliphatic heterocycles. The fraction of sp³-hybridized carbons (Fsp3) is 0.105. The lowest BCUT2D eigenvalue weighted by molar-refractivity contribution is 0.399. The first kappa shape index (κ1) is 17.7. The van der Waals surface area contributed by atoms with Crippen LogP contribution in [0.15, 0.2) is 59.9 Å². The quantitative estimate of drug-likeness (QED) is 0.575. The van der Waals surface area contributed by atoms with Gasteiger partial charge < -0.3 is 4.74 Å². The molecule has 3 heterocycles. The first-order valence-electron chi connectivity index (χ1n) is 8.33. The predicted molar refractivity (Wildman–Crippen MR) is 97.4 cm³/mol. The van der Waals surface area contributed by atoms with Crippen molar-refractivity contribution in [2.24, 2.45) is 0 Å². The zero-order valence-electron chi connectivity index (χ0n) is 14.8. The second-order valence-electron chi connectivity index (χ2n) is 6.00. The highest BCUT2D eigenvalue weighted by atomic mass is 19.2. The van der Waals surface area contributed by atoms with Gasteiger partial charge in [0.25, 0.3) is 0 Å². The molecule has 0 amide bonds. The number of hydrogen-bond donors (Lipinski definition) is 1. The molecule has 0 fully saturated rings. The van der Waals surface area contributed by atoms with E-state index in [2.05, 4.69) is 15.2 Å². The molecule has 142 valence electrons. The van der Waals surface area contributed by atoms with E-state index >= 15 is 0 Å².